The normalized spacial score (nSPS) is 45.5. The zero-order chi connectivity index (χ0) is 12.8. The Kier molecular flexibility index (Phi) is 3.36. The zero-order valence-electron chi connectivity index (χ0n) is 12.5. The fourth-order valence-electron chi connectivity index (χ4n) is 4.34. The quantitative estimate of drug-likeness (QED) is 0.703. The van der Waals surface area contributed by atoms with Gasteiger partial charge < -0.3 is 4.74 Å². The number of ether oxygens (including phenoxy) is 1. The van der Waals surface area contributed by atoms with E-state index in [1.54, 1.807) is 0 Å². The average molecular weight is 238 g/mol. The molecule has 0 aromatic heterocycles. The first-order valence-electron chi connectivity index (χ1n) is 7.43. The number of fused-ring (bicyclic) bond motifs is 2. The van der Waals surface area contributed by atoms with Crippen LogP contribution in [0.2, 0.25) is 0 Å². The Labute approximate surface area is 107 Å². The summed E-state index contributed by atoms with van der Waals surface area (Å²) in [7, 11) is 0. The van der Waals surface area contributed by atoms with Crippen LogP contribution in [-0.2, 0) is 4.74 Å². The highest BCUT2D eigenvalue weighted by atomic mass is 16.5. The molecule has 0 spiro atoms. The fraction of sp³-hybridized carbons (Fsp3) is 1.00. The first kappa shape index (κ1) is 13.4. The van der Waals surface area contributed by atoms with E-state index < -0.39 is 0 Å². The topological polar surface area (TPSA) is 9.23 Å². The standard InChI is InChI=1S/C16H30O/c1-7-16(10-17-15(4,5)6)9-13-8-14(16)12(3)11(13)2/h11-14H,7-10H2,1-6H3. The summed E-state index contributed by atoms with van der Waals surface area (Å²) in [6, 6.07) is 0. The van der Waals surface area contributed by atoms with Crippen molar-refractivity contribution in [3.05, 3.63) is 0 Å². The third-order valence-electron chi connectivity index (χ3n) is 5.72. The molecule has 2 saturated carbocycles. The molecule has 5 atom stereocenters. The molecule has 0 aliphatic heterocycles. The molecule has 0 heterocycles. The number of rotatable bonds is 3. The predicted molar refractivity (Wildman–Crippen MR) is 73.0 cm³/mol. The van der Waals surface area contributed by atoms with Crippen LogP contribution in [0.25, 0.3) is 0 Å². The van der Waals surface area contributed by atoms with Gasteiger partial charge in [0.2, 0.25) is 0 Å². The van der Waals surface area contributed by atoms with Crippen LogP contribution in [0.15, 0.2) is 0 Å². The van der Waals surface area contributed by atoms with Crippen LogP contribution in [0, 0.1) is 29.1 Å². The van der Waals surface area contributed by atoms with Crippen molar-refractivity contribution in [2.75, 3.05) is 6.61 Å². The second kappa shape index (κ2) is 4.26. The maximum absolute atomic E-state index is 6.14. The van der Waals surface area contributed by atoms with Crippen molar-refractivity contribution >= 4 is 0 Å². The maximum Gasteiger partial charge on any atom is 0.0598 e. The molecule has 2 bridgehead atoms. The monoisotopic (exact) mass is 238 g/mol. The second-order valence-electron chi connectivity index (χ2n) is 7.64. The molecule has 2 rings (SSSR count). The molecule has 5 unspecified atom stereocenters. The van der Waals surface area contributed by atoms with Crippen LogP contribution in [0.5, 0.6) is 0 Å². The summed E-state index contributed by atoms with van der Waals surface area (Å²) in [5.74, 6) is 3.72. The van der Waals surface area contributed by atoms with Gasteiger partial charge in [-0.2, -0.15) is 0 Å². The van der Waals surface area contributed by atoms with E-state index in [-0.39, 0.29) is 5.60 Å². The maximum atomic E-state index is 6.14. The lowest BCUT2D eigenvalue weighted by Gasteiger charge is -2.43. The highest BCUT2D eigenvalue weighted by molar-refractivity contribution is 5.05. The van der Waals surface area contributed by atoms with Crippen molar-refractivity contribution in [2.45, 2.75) is 66.4 Å². The Morgan fingerprint density at radius 1 is 1.18 bits per heavy atom. The first-order valence-corrected chi connectivity index (χ1v) is 7.43. The van der Waals surface area contributed by atoms with Gasteiger partial charge in [0.15, 0.2) is 0 Å². The minimum atomic E-state index is 0.0128. The minimum Gasteiger partial charge on any atom is -0.375 e. The van der Waals surface area contributed by atoms with Crippen LogP contribution >= 0.6 is 0 Å². The molecule has 1 heteroatoms. The van der Waals surface area contributed by atoms with Crippen molar-refractivity contribution < 1.29 is 4.74 Å². The molecule has 1 nitrogen and oxygen atoms in total. The number of hydrogen-bond acceptors (Lipinski definition) is 1. The van der Waals surface area contributed by atoms with Crippen molar-refractivity contribution in [1.29, 1.82) is 0 Å². The number of hydrogen-bond donors (Lipinski definition) is 0. The Balaban J connectivity index is 2.07. The van der Waals surface area contributed by atoms with Gasteiger partial charge in [-0.25, -0.2) is 0 Å². The van der Waals surface area contributed by atoms with Crippen LogP contribution < -0.4 is 0 Å². The molecule has 0 N–H and O–H groups in total. The molecule has 100 valence electrons. The third kappa shape index (κ3) is 2.28. The molecular formula is C16H30O. The SMILES string of the molecule is CCC1(COC(C)(C)C)CC2CC1C(C)C2C. The van der Waals surface area contributed by atoms with Gasteiger partial charge in [0, 0.05) is 0 Å². The van der Waals surface area contributed by atoms with Gasteiger partial charge in [-0.05, 0) is 69.1 Å². The van der Waals surface area contributed by atoms with Gasteiger partial charge in [-0.15, -0.1) is 0 Å². The summed E-state index contributed by atoms with van der Waals surface area (Å²) in [5.41, 5.74) is 0.503. The molecule has 0 radical (unpaired) electrons. The lowest BCUT2D eigenvalue weighted by molar-refractivity contribution is -0.0835. The van der Waals surface area contributed by atoms with Gasteiger partial charge in [0.1, 0.15) is 0 Å². The molecular weight excluding hydrogens is 208 g/mol. The van der Waals surface area contributed by atoms with Gasteiger partial charge in [-0.1, -0.05) is 20.8 Å². The van der Waals surface area contributed by atoms with Crippen molar-refractivity contribution in [3.63, 3.8) is 0 Å². The fourth-order valence-corrected chi connectivity index (χ4v) is 4.34. The molecule has 2 fully saturated rings. The van der Waals surface area contributed by atoms with E-state index in [0.29, 0.717) is 5.41 Å². The van der Waals surface area contributed by atoms with Crippen LogP contribution in [-0.4, -0.2) is 12.2 Å². The highest BCUT2D eigenvalue weighted by Crippen LogP contribution is 2.62. The van der Waals surface area contributed by atoms with E-state index in [1.807, 2.05) is 0 Å². The Hall–Kier alpha value is -0.0400. The van der Waals surface area contributed by atoms with Crippen LogP contribution in [0.3, 0.4) is 0 Å². The molecule has 0 amide bonds. The largest absolute Gasteiger partial charge is 0.375 e. The van der Waals surface area contributed by atoms with Crippen LogP contribution in [0.4, 0.5) is 0 Å². The average Bonchev–Trinajstić information content (AvgIpc) is 2.74. The molecule has 2 aliphatic rings. The Morgan fingerprint density at radius 3 is 2.24 bits per heavy atom. The van der Waals surface area contributed by atoms with E-state index >= 15 is 0 Å². The minimum absolute atomic E-state index is 0.0128. The summed E-state index contributed by atoms with van der Waals surface area (Å²) in [4.78, 5) is 0. The molecule has 0 aromatic rings. The van der Waals surface area contributed by atoms with Crippen molar-refractivity contribution in [3.8, 4) is 0 Å². The molecule has 0 aromatic carbocycles. The third-order valence-corrected chi connectivity index (χ3v) is 5.72. The predicted octanol–water partition coefficient (Wildman–Crippen LogP) is 4.51. The summed E-state index contributed by atoms with van der Waals surface area (Å²) >= 11 is 0. The van der Waals surface area contributed by atoms with Gasteiger partial charge in [0.25, 0.3) is 0 Å². The second-order valence-corrected chi connectivity index (χ2v) is 7.64. The molecule has 17 heavy (non-hydrogen) atoms. The van der Waals surface area contributed by atoms with Crippen molar-refractivity contribution in [1.82, 2.24) is 0 Å². The van der Waals surface area contributed by atoms with E-state index in [9.17, 15) is 0 Å². The van der Waals surface area contributed by atoms with E-state index in [0.717, 1.165) is 30.3 Å². The Morgan fingerprint density at radius 2 is 1.82 bits per heavy atom. The first-order chi connectivity index (χ1) is 7.79. The summed E-state index contributed by atoms with van der Waals surface area (Å²) in [6.07, 6.45) is 4.17. The van der Waals surface area contributed by atoms with Gasteiger partial charge in [-0.3, -0.25) is 0 Å². The summed E-state index contributed by atoms with van der Waals surface area (Å²) in [6.45, 7) is 14.8. The zero-order valence-corrected chi connectivity index (χ0v) is 12.5. The highest BCUT2D eigenvalue weighted by Gasteiger charge is 2.56. The van der Waals surface area contributed by atoms with Crippen LogP contribution in [0.1, 0.15) is 60.8 Å². The van der Waals surface area contributed by atoms with E-state index in [4.69, 9.17) is 4.74 Å². The Bertz CT molecular complexity index is 276. The van der Waals surface area contributed by atoms with E-state index in [1.165, 1.54) is 19.3 Å². The van der Waals surface area contributed by atoms with Crippen molar-refractivity contribution in [2.24, 2.45) is 29.1 Å². The lowest BCUT2D eigenvalue weighted by atomic mass is 9.65. The van der Waals surface area contributed by atoms with E-state index in [2.05, 4.69) is 41.5 Å². The van der Waals surface area contributed by atoms with Gasteiger partial charge >= 0.3 is 0 Å². The van der Waals surface area contributed by atoms with Gasteiger partial charge in [0.05, 0.1) is 12.2 Å². The molecule has 2 aliphatic carbocycles. The molecule has 0 saturated heterocycles. The summed E-state index contributed by atoms with van der Waals surface area (Å²) < 4.78 is 6.14. The summed E-state index contributed by atoms with van der Waals surface area (Å²) in [5, 5.41) is 0. The smallest absolute Gasteiger partial charge is 0.0598 e. The lowest BCUT2D eigenvalue weighted by Crippen LogP contribution is -2.40.